The van der Waals surface area contributed by atoms with Crippen LogP contribution in [0.5, 0.6) is 0 Å². The lowest BCUT2D eigenvalue weighted by Gasteiger charge is -2.25. The minimum atomic E-state index is -0.326. The summed E-state index contributed by atoms with van der Waals surface area (Å²) in [4.78, 5) is 41.2. The molecule has 0 unspecified atom stereocenters. The third-order valence-electron chi connectivity index (χ3n) is 3.79. The molecule has 0 radical (unpaired) electrons. The first-order valence-corrected chi connectivity index (χ1v) is 11.6. The van der Waals surface area contributed by atoms with E-state index in [0.29, 0.717) is 36.9 Å². The normalized spacial score (nSPS) is 10.0. The van der Waals surface area contributed by atoms with E-state index in [-0.39, 0.29) is 28.6 Å². The van der Waals surface area contributed by atoms with Gasteiger partial charge in [0.25, 0.3) is 11.8 Å². The van der Waals surface area contributed by atoms with Crippen LogP contribution in [0, 0.1) is 15.6 Å². The Labute approximate surface area is 211 Å². The summed E-state index contributed by atoms with van der Waals surface area (Å²) in [5, 5.41) is 3.11. The molecular formula is C20H20I3N3O3. The van der Waals surface area contributed by atoms with Crippen LogP contribution in [0.15, 0.2) is 55.8 Å². The van der Waals surface area contributed by atoms with Gasteiger partial charge in [0, 0.05) is 29.7 Å². The minimum Gasteiger partial charge on any atom is -0.331 e. The summed E-state index contributed by atoms with van der Waals surface area (Å²) >= 11 is 5.84. The number of rotatable bonds is 11. The second-order valence-corrected chi connectivity index (χ2v) is 8.94. The van der Waals surface area contributed by atoms with Gasteiger partial charge in [-0.2, -0.15) is 0 Å². The van der Waals surface area contributed by atoms with Crippen molar-refractivity contribution in [2.45, 2.75) is 0 Å². The minimum absolute atomic E-state index is 0.0765. The second kappa shape index (κ2) is 12.6. The molecule has 0 aromatic heterocycles. The van der Waals surface area contributed by atoms with Gasteiger partial charge < -0.3 is 9.80 Å². The lowest BCUT2D eigenvalue weighted by molar-refractivity contribution is 0.0786. The van der Waals surface area contributed by atoms with Gasteiger partial charge in [-0.15, -0.1) is 31.2 Å². The summed E-state index contributed by atoms with van der Waals surface area (Å²) in [6, 6.07) is 0. The molecule has 6 nitrogen and oxygen atoms in total. The predicted octanol–water partition coefficient (Wildman–Crippen LogP) is 5.53. The monoisotopic (exact) mass is 731 g/mol. The largest absolute Gasteiger partial charge is 0.331 e. The molecular weight excluding hydrogens is 711 g/mol. The van der Waals surface area contributed by atoms with Crippen LogP contribution in [0.4, 0.5) is 5.69 Å². The maximum absolute atomic E-state index is 13.3. The van der Waals surface area contributed by atoms with E-state index in [1.54, 1.807) is 24.3 Å². The van der Waals surface area contributed by atoms with Gasteiger partial charge in [-0.1, -0.05) is 24.3 Å². The molecule has 0 spiro atoms. The molecule has 0 saturated carbocycles. The number of hydrogen-bond donors (Lipinski definition) is 0. The highest BCUT2D eigenvalue weighted by molar-refractivity contribution is 14.1. The molecule has 1 aromatic rings. The Balaban J connectivity index is 3.76. The van der Waals surface area contributed by atoms with Gasteiger partial charge >= 0.3 is 0 Å². The van der Waals surface area contributed by atoms with E-state index in [2.05, 4.69) is 31.5 Å². The van der Waals surface area contributed by atoms with E-state index in [1.165, 1.54) is 9.80 Å². The Morgan fingerprint density at radius 1 is 0.724 bits per heavy atom. The third kappa shape index (κ3) is 5.96. The molecule has 1 rings (SSSR count). The molecule has 9 heteroatoms. The van der Waals surface area contributed by atoms with Crippen molar-refractivity contribution in [3.8, 4) is 0 Å². The Kier molecular flexibility index (Phi) is 11.2. The van der Waals surface area contributed by atoms with Crippen LogP contribution in [0.2, 0.25) is 0 Å². The second-order valence-electron chi connectivity index (χ2n) is 5.71. The highest BCUT2D eigenvalue weighted by atomic mass is 127. The molecule has 0 aliphatic carbocycles. The summed E-state index contributed by atoms with van der Waals surface area (Å²) in [6.45, 7) is 15.9. The van der Waals surface area contributed by atoms with Crippen LogP contribution in [-0.2, 0) is 0 Å². The molecule has 154 valence electrons. The lowest BCUT2D eigenvalue weighted by Crippen LogP contribution is -2.35. The lowest BCUT2D eigenvalue weighted by atomic mass is 10.1. The van der Waals surface area contributed by atoms with Gasteiger partial charge in [-0.25, -0.2) is 0 Å². The maximum atomic E-state index is 13.3. The average Bonchev–Trinajstić information content (AvgIpc) is 2.67. The van der Waals surface area contributed by atoms with Crippen LogP contribution in [0.1, 0.15) is 20.7 Å². The van der Waals surface area contributed by atoms with Crippen molar-refractivity contribution in [2.75, 3.05) is 26.2 Å². The number of nitroso groups, excluding NO2 is 1. The summed E-state index contributed by atoms with van der Waals surface area (Å²) < 4.78 is 1.28. The smallest absolute Gasteiger partial charge is 0.256 e. The van der Waals surface area contributed by atoms with E-state index in [4.69, 9.17) is 0 Å². The molecule has 0 N–H and O–H groups in total. The summed E-state index contributed by atoms with van der Waals surface area (Å²) in [5.41, 5.74) is 0.614. The van der Waals surface area contributed by atoms with Crippen LogP contribution in [0.3, 0.4) is 0 Å². The van der Waals surface area contributed by atoms with Crippen LogP contribution >= 0.6 is 67.8 Å². The van der Waals surface area contributed by atoms with Crippen molar-refractivity contribution >= 4 is 85.3 Å². The number of carbonyl (C=O) groups is 2. The van der Waals surface area contributed by atoms with Crippen molar-refractivity contribution in [1.29, 1.82) is 0 Å². The molecule has 2 amide bonds. The fourth-order valence-electron chi connectivity index (χ4n) is 2.53. The highest BCUT2D eigenvalue weighted by Gasteiger charge is 2.31. The SMILES string of the molecule is C=CCN(CC=C)C(=O)c1c(I)c(N=O)c(I)c(C(=O)N(CC=C)CC=C)c1I. The highest BCUT2D eigenvalue weighted by Crippen LogP contribution is 2.38. The van der Waals surface area contributed by atoms with Gasteiger partial charge in [0.2, 0.25) is 0 Å². The number of halogens is 3. The molecule has 1 aromatic carbocycles. The van der Waals surface area contributed by atoms with Crippen molar-refractivity contribution in [3.63, 3.8) is 0 Å². The van der Waals surface area contributed by atoms with Gasteiger partial charge in [-0.3, -0.25) is 9.59 Å². The number of hydrogen-bond acceptors (Lipinski definition) is 4. The van der Waals surface area contributed by atoms with Gasteiger partial charge in [-0.05, 0) is 72.9 Å². The fraction of sp³-hybridized carbons (Fsp3) is 0.200. The van der Waals surface area contributed by atoms with Crippen molar-refractivity contribution in [2.24, 2.45) is 5.18 Å². The molecule has 0 aliphatic heterocycles. The molecule has 0 heterocycles. The quantitative estimate of drug-likeness (QED) is 0.171. The zero-order chi connectivity index (χ0) is 22.1. The number of carbonyl (C=O) groups excluding carboxylic acids is 2. The zero-order valence-electron chi connectivity index (χ0n) is 15.7. The molecule has 0 saturated heterocycles. The van der Waals surface area contributed by atoms with Crippen molar-refractivity contribution in [1.82, 2.24) is 9.80 Å². The van der Waals surface area contributed by atoms with E-state index in [9.17, 15) is 14.5 Å². The Morgan fingerprint density at radius 3 is 1.28 bits per heavy atom. The first-order valence-electron chi connectivity index (χ1n) is 8.36. The van der Waals surface area contributed by atoms with Gasteiger partial charge in [0.15, 0.2) is 0 Å². The van der Waals surface area contributed by atoms with Crippen molar-refractivity contribution in [3.05, 3.63) is 77.4 Å². The first-order chi connectivity index (χ1) is 13.8. The van der Waals surface area contributed by atoms with Gasteiger partial charge in [0.05, 0.1) is 18.3 Å². The van der Waals surface area contributed by atoms with Crippen LogP contribution in [-0.4, -0.2) is 47.8 Å². The van der Waals surface area contributed by atoms with E-state index >= 15 is 0 Å². The summed E-state index contributed by atoms with van der Waals surface area (Å²) in [5.74, 6) is -0.652. The van der Waals surface area contributed by atoms with E-state index in [0.717, 1.165) is 0 Å². The van der Waals surface area contributed by atoms with E-state index in [1.807, 2.05) is 67.8 Å². The first kappa shape index (κ1) is 25.9. The third-order valence-corrected chi connectivity index (χ3v) is 6.96. The fourth-order valence-corrected chi connectivity index (χ4v) is 6.81. The molecule has 0 bridgehead atoms. The van der Waals surface area contributed by atoms with E-state index < -0.39 is 0 Å². The van der Waals surface area contributed by atoms with Gasteiger partial charge in [0.1, 0.15) is 5.69 Å². The topological polar surface area (TPSA) is 70.0 Å². The molecule has 0 fully saturated rings. The Hall–Kier alpha value is -1.09. The average molecular weight is 731 g/mol. The standard InChI is InChI=1S/C20H20I3N3O3/c1-5-9-25(10-6-2)19(27)13-15(21)14(17(23)18(24-29)16(13)22)20(28)26(11-7-3)12-8-4/h5-8H,1-4,9-12H2. The summed E-state index contributed by atoms with van der Waals surface area (Å²) in [6.07, 6.45) is 6.42. The number of nitrogens with zero attached hydrogens (tertiary/aromatic N) is 3. The van der Waals surface area contributed by atoms with Crippen molar-refractivity contribution < 1.29 is 9.59 Å². The Bertz CT molecular complexity index is 785. The molecule has 0 aliphatic rings. The molecule has 29 heavy (non-hydrogen) atoms. The zero-order valence-corrected chi connectivity index (χ0v) is 22.1. The van der Waals surface area contributed by atoms with Crippen LogP contribution in [0.25, 0.3) is 0 Å². The summed E-state index contributed by atoms with van der Waals surface area (Å²) in [7, 11) is 0. The maximum Gasteiger partial charge on any atom is 0.256 e. The number of amides is 2. The van der Waals surface area contributed by atoms with Crippen LogP contribution < -0.4 is 0 Å². The molecule has 0 atom stereocenters. The Morgan fingerprint density at radius 2 is 1.03 bits per heavy atom. The predicted molar refractivity (Wildman–Crippen MR) is 143 cm³/mol. The number of benzene rings is 1.